The number of rotatable bonds is 7. The van der Waals surface area contributed by atoms with Crippen LogP contribution in [-0.4, -0.2) is 47.8 Å². The average Bonchev–Trinajstić information content (AvgIpc) is 2.21. The third-order valence-electron chi connectivity index (χ3n) is 2.92. The van der Waals surface area contributed by atoms with Crippen LogP contribution in [0.5, 0.6) is 0 Å². The van der Waals surface area contributed by atoms with Gasteiger partial charge in [-0.25, -0.2) is 0 Å². The number of ether oxygens (including phenoxy) is 1. The zero-order valence-corrected chi connectivity index (χ0v) is 10.4. The van der Waals surface area contributed by atoms with Crippen molar-refractivity contribution in [3.05, 3.63) is 0 Å². The number of nitrogens with zero attached hydrogens (tertiary/aromatic N) is 1. The third kappa shape index (κ3) is 3.76. The van der Waals surface area contributed by atoms with Gasteiger partial charge < -0.3 is 14.7 Å². The summed E-state index contributed by atoms with van der Waals surface area (Å²) in [6.07, 6.45) is 3.05. The lowest BCUT2D eigenvalue weighted by Crippen LogP contribution is -2.63. The van der Waals surface area contributed by atoms with Crippen LogP contribution in [0.2, 0.25) is 0 Å². The van der Waals surface area contributed by atoms with Crippen molar-refractivity contribution in [2.45, 2.75) is 45.1 Å². The molecule has 1 amide bonds. The maximum atomic E-state index is 11.6. The van der Waals surface area contributed by atoms with Crippen LogP contribution in [0.15, 0.2) is 0 Å². The van der Waals surface area contributed by atoms with Gasteiger partial charge in [-0.15, -0.1) is 0 Å². The lowest BCUT2D eigenvalue weighted by molar-refractivity contribution is -0.156. The van der Waals surface area contributed by atoms with E-state index < -0.39 is 5.60 Å². The Hall–Kier alpha value is -0.610. The van der Waals surface area contributed by atoms with E-state index in [0.29, 0.717) is 32.7 Å². The molecule has 0 saturated carbocycles. The molecule has 0 unspecified atom stereocenters. The molecule has 0 atom stereocenters. The Kier molecular flexibility index (Phi) is 5.22. The van der Waals surface area contributed by atoms with Crippen molar-refractivity contribution in [3.8, 4) is 0 Å². The van der Waals surface area contributed by atoms with E-state index in [-0.39, 0.29) is 5.91 Å². The van der Waals surface area contributed by atoms with Gasteiger partial charge in [-0.05, 0) is 19.8 Å². The molecule has 1 heterocycles. The molecular formula is C12H23NO3. The van der Waals surface area contributed by atoms with Gasteiger partial charge >= 0.3 is 0 Å². The molecule has 0 radical (unpaired) electrons. The molecule has 1 N–H and O–H groups in total. The minimum Gasteiger partial charge on any atom is -0.386 e. The first-order chi connectivity index (χ1) is 7.61. The molecule has 1 rings (SSSR count). The molecule has 0 aromatic rings. The SMILES string of the molecule is CCCC1(O)CN(C(=O)CCCOCC)C1. The predicted molar refractivity (Wildman–Crippen MR) is 62.2 cm³/mol. The fourth-order valence-electron chi connectivity index (χ4n) is 2.09. The quantitative estimate of drug-likeness (QED) is 0.667. The minimum atomic E-state index is -0.607. The van der Waals surface area contributed by atoms with Gasteiger partial charge in [0.25, 0.3) is 0 Å². The molecule has 16 heavy (non-hydrogen) atoms. The molecule has 0 aromatic heterocycles. The van der Waals surface area contributed by atoms with Gasteiger partial charge in [-0.1, -0.05) is 13.3 Å². The maximum absolute atomic E-state index is 11.6. The highest BCUT2D eigenvalue weighted by Crippen LogP contribution is 2.26. The van der Waals surface area contributed by atoms with E-state index in [0.717, 1.165) is 19.3 Å². The molecule has 0 aliphatic carbocycles. The second-order valence-corrected chi connectivity index (χ2v) is 4.52. The fraction of sp³-hybridized carbons (Fsp3) is 0.917. The van der Waals surface area contributed by atoms with Gasteiger partial charge in [-0.3, -0.25) is 4.79 Å². The Morgan fingerprint density at radius 1 is 1.44 bits per heavy atom. The summed E-state index contributed by atoms with van der Waals surface area (Å²) in [5.74, 6) is 0.139. The number of likely N-dealkylation sites (tertiary alicyclic amines) is 1. The molecule has 1 saturated heterocycles. The molecule has 1 aliphatic heterocycles. The largest absolute Gasteiger partial charge is 0.386 e. The topological polar surface area (TPSA) is 49.8 Å². The highest BCUT2D eigenvalue weighted by Gasteiger charge is 2.42. The number of β-amino-alcohol motifs (C(OH)–C–C–N with tert-alkyl or cyclic N) is 1. The van der Waals surface area contributed by atoms with E-state index in [4.69, 9.17) is 4.74 Å². The molecule has 0 bridgehead atoms. The zero-order valence-electron chi connectivity index (χ0n) is 10.4. The monoisotopic (exact) mass is 229 g/mol. The van der Waals surface area contributed by atoms with Gasteiger partial charge in [0.15, 0.2) is 0 Å². The number of carbonyl (C=O) groups is 1. The summed E-state index contributed by atoms with van der Waals surface area (Å²) in [6.45, 7) is 6.36. The second kappa shape index (κ2) is 6.21. The normalized spacial score (nSPS) is 18.3. The zero-order chi connectivity index (χ0) is 12.0. The van der Waals surface area contributed by atoms with E-state index in [1.165, 1.54) is 0 Å². The number of hydrogen-bond donors (Lipinski definition) is 1. The Bertz CT molecular complexity index is 224. The first kappa shape index (κ1) is 13.5. The van der Waals surface area contributed by atoms with Crippen molar-refractivity contribution in [2.75, 3.05) is 26.3 Å². The van der Waals surface area contributed by atoms with Crippen molar-refractivity contribution < 1.29 is 14.6 Å². The molecular weight excluding hydrogens is 206 g/mol. The summed E-state index contributed by atoms with van der Waals surface area (Å²) in [5, 5.41) is 9.92. The van der Waals surface area contributed by atoms with Crippen molar-refractivity contribution in [2.24, 2.45) is 0 Å². The Morgan fingerprint density at radius 2 is 2.12 bits per heavy atom. The summed E-state index contributed by atoms with van der Waals surface area (Å²) < 4.78 is 5.17. The summed E-state index contributed by atoms with van der Waals surface area (Å²) in [5.41, 5.74) is -0.607. The highest BCUT2D eigenvalue weighted by atomic mass is 16.5. The fourth-order valence-corrected chi connectivity index (χ4v) is 2.09. The van der Waals surface area contributed by atoms with E-state index in [9.17, 15) is 9.90 Å². The highest BCUT2D eigenvalue weighted by molar-refractivity contribution is 5.77. The van der Waals surface area contributed by atoms with Gasteiger partial charge in [0.1, 0.15) is 0 Å². The van der Waals surface area contributed by atoms with Crippen molar-refractivity contribution in [3.63, 3.8) is 0 Å². The van der Waals surface area contributed by atoms with Gasteiger partial charge in [0.05, 0.1) is 18.7 Å². The number of amides is 1. The Morgan fingerprint density at radius 3 is 2.69 bits per heavy atom. The molecule has 0 aromatic carbocycles. The first-order valence-electron chi connectivity index (χ1n) is 6.19. The van der Waals surface area contributed by atoms with Crippen molar-refractivity contribution in [1.29, 1.82) is 0 Å². The van der Waals surface area contributed by atoms with Gasteiger partial charge in [0.2, 0.25) is 5.91 Å². The Labute approximate surface area is 97.6 Å². The van der Waals surface area contributed by atoms with Crippen molar-refractivity contribution in [1.82, 2.24) is 4.90 Å². The van der Waals surface area contributed by atoms with Crippen LogP contribution in [0, 0.1) is 0 Å². The van der Waals surface area contributed by atoms with Crippen LogP contribution in [0.1, 0.15) is 39.5 Å². The predicted octanol–water partition coefficient (Wildman–Crippen LogP) is 1.18. The van der Waals surface area contributed by atoms with Crippen LogP contribution < -0.4 is 0 Å². The second-order valence-electron chi connectivity index (χ2n) is 4.52. The number of hydrogen-bond acceptors (Lipinski definition) is 3. The third-order valence-corrected chi connectivity index (χ3v) is 2.92. The summed E-state index contributed by atoms with van der Waals surface area (Å²) in [6, 6.07) is 0. The van der Waals surface area contributed by atoms with Crippen LogP contribution in [0.3, 0.4) is 0 Å². The van der Waals surface area contributed by atoms with E-state index in [1.807, 2.05) is 13.8 Å². The van der Waals surface area contributed by atoms with Gasteiger partial charge in [-0.2, -0.15) is 0 Å². The average molecular weight is 229 g/mol. The summed E-state index contributed by atoms with van der Waals surface area (Å²) in [4.78, 5) is 13.4. The summed E-state index contributed by atoms with van der Waals surface area (Å²) in [7, 11) is 0. The molecule has 1 fully saturated rings. The van der Waals surface area contributed by atoms with Gasteiger partial charge in [0, 0.05) is 19.6 Å². The number of aliphatic hydroxyl groups is 1. The molecule has 1 aliphatic rings. The van der Waals surface area contributed by atoms with Crippen LogP contribution in [0.4, 0.5) is 0 Å². The van der Waals surface area contributed by atoms with Crippen LogP contribution in [-0.2, 0) is 9.53 Å². The smallest absolute Gasteiger partial charge is 0.222 e. The standard InChI is InChI=1S/C12H23NO3/c1-3-7-12(15)9-13(10-12)11(14)6-5-8-16-4-2/h15H,3-10H2,1-2H3. The molecule has 4 nitrogen and oxygen atoms in total. The van der Waals surface area contributed by atoms with Crippen LogP contribution >= 0.6 is 0 Å². The maximum Gasteiger partial charge on any atom is 0.222 e. The lowest BCUT2D eigenvalue weighted by Gasteiger charge is -2.46. The van der Waals surface area contributed by atoms with Crippen molar-refractivity contribution >= 4 is 5.91 Å². The number of carbonyl (C=O) groups excluding carboxylic acids is 1. The minimum absolute atomic E-state index is 0.139. The first-order valence-corrected chi connectivity index (χ1v) is 6.19. The van der Waals surface area contributed by atoms with E-state index in [2.05, 4.69) is 0 Å². The summed E-state index contributed by atoms with van der Waals surface area (Å²) >= 11 is 0. The molecule has 4 heteroatoms. The lowest BCUT2D eigenvalue weighted by atomic mass is 9.89. The Balaban J connectivity index is 2.12. The van der Waals surface area contributed by atoms with E-state index >= 15 is 0 Å². The molecule has 0 spiro atoms. The van der Waals surface area contributed by atoms with Crippen LogP contribution in [0.25, 0.3) is 0 Å². The molecule has 94 valence electrons. The van der Waals surface area contributed by atoms with E-state index in [1.54, 1.807) is 4.90 Å².